The Bertz CT molecular complexity index is 866. The van der Waals surface area contributed by atoms with Crippen LogP contribution in [-0.4, -0.2) is 23.4 Å². The number of rotatable bonds is 4. The van der Waals surface area contributed by atoms with Crippen molar-refractivity contribution in [3.05, 3.63) is 53.4 Å². The van der Waals surface area contributed by atoms with Crippen LogP contribution in [0, 0.1) is 0 Å². The first-order valence-corrected chi connectivity index (χ1v) is 7.87. The fourth-order valence-electron chi connectivity index (χ4n) is 2.39. The molecular formula is C17H14ClN3O3. The van der Waals surface area contributed by atoms with Crippen LogP contribution in [0.1, 0.15) is 5.89 Å². The van der Waals surface area contributed by atoms with Gasteiger partial charge in [0.05, 0.1) is 6.54 Å². The minimum Gasteiger partial charge on any atom is -0.486 e. The van der Waals surface area contributed by atoms with Gasteiger partial charge in [0.25, 0.3) is 0 Å². The van der Waals surface area contributed by atoms with Crippen molar-refractivity contribution in [2.75, 3.05) is 18.5 Å². The quantitative estimate of drug-likeness (QED) is 0.777. The first-order valence-electron chi connectivity index (χ1n) is 7.50. The standard InChI is InChI=1S/C17H14ClN3O3/c18-12-3-1-2-11(8-12)17-21-20-16(24-17)10-19-13-4-5-14-15(9-13)23-7-6-22-14/h1-5,8-9,19H,6-7,10H2. The van der Waals surface area contributed by atoms with Gasteiger partial charge in [0, 0.05) is 22.3 Å². The largest absolute Gasteiger partial charge is 0.486 e. The number of ether oxygens (including phenoxy) is 2. The summed E-state index contributed by atoms with van der Waals surface area (Å²) in [6.45, 7) is 1.55. The maximum absolute atomic E-state index is 5.98. The lowest BCUT2D eigenvalue weighted by atomic mass is 10.2. The van der Waals surface area contributed by atoms with Crippen LogP contribution in [0.5, 0.6) is 11.5 Å². The zero-order valence-electron chi connectivity index (χ0n) is 12.7. The fourth-order valence-corrected chi connectivity index (χ4v) is 2.58. The topological polar surface area (TPSA) is 69.4 Å². The molecule has 0 radical (unpaired) electrons. The summed E-state index contributed by atoms with van der Waals surface area (Å²) < 4.78 is 16.7. The van der Waals surface area contributed by atoms with Gasteiger partial charge in [0.1, 0.15) is 13.2 Å². The Morgan fingerprint density at radius 1 is 1.00 bits per heavy atom. The zero-order valence-corrected chi connectivity index (χ0v) is 13.4. The van der Waals surface area contributed by atoms with Crippen molar-refractivity contribution >= 4 is 17.3 Å². The predicted octanol–water partition coefficient (Wildman–Crippen LogP) is 3.77. The minimum atomic E-state index is 0.410. The van der Waals surface area contributed by atoms with Crippen LogP contribution in [0.4, 0.5) is 5.69 Å². The molecule has 7 heteroatoms. The number of nitrogens with one attached hydrogen (secondary N) is 1. The Hall–Kier alpha value is -2.73. The third kappa shape index (κ3) is 3.14. The van der Waals surface area contributed by atoms with Crippen molar-refractivity contribution in [2.45, 2.75) is 6.54 Å². The normalized spacial score (nSPS) is 12.9. The number of halogens is 1. The van der Waals surface area contributed by atoms with Crippen molar-refractivity contribution in [1.82, 2.24) is 10.2 Å². The van der Waals surface area contributed by atoms with Gasteiger partial charge in [0.15, 0.2) is 11.5 Å². The van der Waals surface area contributed by atoms with Crippen LogP contribution in [0.25, 0.3) is 11.5 Å². The number of aromatic nitrogens is 2. The van der Waals surface area contributed by atoms with Crippen LogP contribution >= 0.6 is 11.6 Å². The molecule has 0 aliphatic carbocycles. The van der Waals surface area contributed by atoms with Gasteiger partial charge in [-0.2, -0.15) is 0 Å². The van der Waals surface area contributed by atoms with Crippen molar-refractivity contribution in [3.63, 3.8) is 0 Å². The van der Waals surface area contributed by atoms with Crippen LogP contribution in [-0.2, 0) is 6.54 Å². The van der Waals surface area contributed by atoms with Gasteiger partial charge in [0.2, 0.25) is 11.8 Å². The van der Waals surface area contributed by atoms with E-state index in [1.165, 1.54) is 0 Å². The molecular weight excluding hydrogens is 330 g/mol. The van der Waals surface area contributed by atoms with Gasteiger partial charge in [-0.3, -0.25) is 0 Å². The van der Waals surface area contributed by atoms with Gasteiger partial charge in [-0.05, 0) is 30.3 Å². The first kappa shape index (κ1) is 14.8. The van der Waals surface area contributed by atoms with E-state index in [2.05, 4.69) is 15.5 Å². The van der Waals surface area contributed by atoms with E-state index in [0.29, 0.717) is 36.6 Å². The number of hydrogen-bond acceptors (Lipinski definition) is 6. The second-order valence-electron chi connectivity index (χ2n) is 5.22. The highest BCUT2D eigenvalue weighted by atomic mass is 35.5. The third-order valence-corrected chi connectivity index (χ3v) is 3.76. The molecule has 2 heterocycles. The molecule has 3 aromatic rings. The van der Waals surface area contributed by atoms with E-state index < -0.39 is 0 Å². The lowest BCUT2D eigenvalue weighted by Gasteiger charge is -2.19. The van der Waals surface area contributed by atoms with Crippen molar-refractivity contribution in [1.29, 1.82) is 0 Å². The molecule has 0 spiro atoms. The number of nitrogens with zero attached hydrogens (tertiary/aromatic N) is 2. The highest BCUT2D eigenvalue weighted by molar-refractivity contribution is 6.30. The molecule has 0 amide bonds. The van der Waals surface area contributed by atoms with E-state index in [1.54, 1.807) is 12.1 Å². The summed E-state index contributed by atoms with van der Waals surface area (Å²) in [6, 6.07) is 13.0. The molecule has 0 bridgehead atoms. The summed E-state index contributed by atoms with van der Waals surface area (Å²) in [4.78, 5) is 0. The predicted molar refractivity (Wildman–Crippen MR) is 89.5 cm³/mol. The number of hydrogen-bond donors (Lipinski definition) is 1. The monoisotopic (exact) mass is 343 g/mol. The maximum Gasteiger partial charge on any atom is 0.247 e. The summed E-state index contributed by atoms with van der Waals surface area (Å²) in [5.74, 6) is 2.42. The van der Waals surface area contributed by atoms with Gasteiger partial charge in [-0.1, -0.05) is 17.7 Å². The zero-order chi connectivity index (χ0) is 16.4. The molecule has 0 fully saturated rings. The Kier molecular flexibility index (Phi) is 3.96. The van der Waals surface area contributed by atoms with Crippen LogP contribution in [0.2, 0.25) is 5.02 Å². The van der Waals surface area contributed by atoms with E-state index in [-0.39, 0.29) is 0 Å². The number of benzene rings is 2. The minimum absolute atomic E-state index is 0.410. The van der Waals surface area contributed by atoms with Crippen molar-refractivity contribution in [2.24, 2.45) is 0 Å². The Morgan fingerprint density at radius 3 is 2.75 bits per heavy atom. The van der Waals surface area contributed by atoms with E-state index in [1.807, 2.05) is 30.3 Å². The number of fused-ring (bicyclic) bond motifs is 1. The molecule has 2 aromatic carbocycles. The molecule has 6 nitrogen and oxygen atoms in total. The molecule has 0 atom stereocenters. The van der Waals surface area contributed by atoms with E-state index >= 15 is 0 Å². The van der Waals surface area contributed by atoms with Crippen LogP contribution in [0.3, 0.4) is 0 Å². The SMILES string of the molecule is Clc1cccc(-c2nnc(CNc3ccc4c(c3)OCCO4)o2)c1. The second kappa shape index (κ2) is 6.41. The molecule has 0 saturated heterocycles. The van der Waals surface area contributed by atoms with Gasteiger partial charge >= 0.3 is 0 Å². The molecule has 0 saturated carbocycles. The second-order valence-corrected chi connectivity index (χ2v) is 5.66. The summed E-state index contributed by atoms with van der Waals surface area (Å²) in [6.07, 6.45) is 0. The molecule has 1 N–H and O–H groups in total. The lowest BCUT2D eigenvalue weighted by Crippen LogP contribution is -2.15. The Labute approximate surface area is 143 Å². The summed E-state index contributed by atoms with van der Waals surface area (Å²) in [5.41, 5.74) is 1.68. The van der Waals surface area contributed by atoms with Crippen LogP contribution < -0.4 is 14.8 Å². The summed E-state index contributed by atoms with van der Waals surface area (Å²) >= 11 is 5.98. The highest BCUT2D eigenvalue weighted by Gasteiger charge is 2.13. The average Bonchev–Trinajstić information content (AvgIpc) is 3.09. The summed E-state index contributed by atoms with van der Waals surface area (Å²) in [7, 11) is 0. The molecule has 1 aromatic heterocycles. The molecule has 0 unspecified atom stereocenters. The van der Waals surface area contributed by atoms with E-state index in [0.717, 1.165) is 22.7 Å². The maximum atomic E-state index is 5.98. The Balaban J connectivity index is 1.45. The molecule has 1 aliphatic rings. The summed E-state index contributed by atoms with van der Waals surface area (Å²) in [5, 5.41) is 12.0. The Morgan fingerprint density at radius 2 is 1.88 bits per heavy atom. The number of anilines is 1. The molecule has 24 heavy (non-hydrogen) atoms. The molecule has 4 rings (SSSR count). The average molecular weight is 344 g/mol. The van der Waals surface area contributed by atoms with E-state index in [9.17, 15) is 0 Å². The van der Waals surface area contributed by atoms with Crippen LogP contribution in [0.15, 0.2) is 46.9 Å². The third-order valence-electron chi connectivity index (χ3n) is 3.52. The van der Waals surface area contributed by atoms with Crippen molar-refractivity contribution < 1.29 is 13.9 Å². The van der Waals surface area contributed by atoms with Gasteiger partial charge in [-0.15, -0.1) is 10.2 Å². The van der Waals surface area contributed by atoms with Gasteiger partial charge < -0.3 is 19.2 Å². The fraction of sp³-hybridized carbons (Fsp3) is 0.176. The first-order chi connectivity index (χ1) is 11.8. The molecule has 122 valence electrons. The van der Waals surface area contributed by atoms with Crippen molar-refractivity contribution in [3.8, 4) is 23.0 Å². The van der Waals surface area contributed by atoms with Gasteiger partial charge in [-0.25, -0.2) is 0 Å². The lowest BCUT2D eigenvalue weighted by molar-refractivity contribution is 0.171. The molecule has 1 aliphatic heterocycles. The highest BCUT2D eigenvalue weighted by Crippen LogP contribution is 2.32. The smallest absolute Gasteiger partial charge is 0.247 e. The van der Waals surface area contributed by atoms with E-state index in [4.69, 9.17) is 25.5 Å².